The number of nitro benzene ring substituents is 1. The third-order valence-corrected chi connectivity index (χ3v) is 4.08. The Balaban J connectivity index is 1.47. The van der Waals surface area contributed by atoms with Gasteiger partial charge in [-0.25, -0.2) is 4.98 Å². The van der Waals surface area contributed by atoms with Crippen LogP contribution in [0.25, 0.3) is 11.1 Å². The summed E-state index contributed by atoms with van der Waals surface area (Å²) in [5.41, 5.74) is 1.13. The lowest BCUT2D eigenvalue weighted by molar-refractivity contribution is -0.384. The van der Waals surface area contributed by atoms with E-state index in [1.165, 1.54) is 18.2 Å². The number of anilines is 1. The number of benzene rings is 2. The third kappa shape index (κ3) is 3.34. The zero-order valence-electron chi connectivity index (χ0n) is 14.4. The lowest BCUT2D eigenvalue weighted by atomic mass is 10.2. The van der Waals surface area contributed by atoms with Crippen LogP contribution in [0.3, 0.4) is 0 Å². The van der Waals surface area contributed by atoms with Gasteiger partial charge in [0.2, 0.25) is 5.89 Å². The minimum Gasteiger partial charge on any atom is -0.482 e. The van der Waals surface area contributed by atoms with Gasteiger partial charge in [0, 0.05) is 12.1 Å². The molecule has 0 saturated heterocycles. The van der Waals surface area contributed by atoms with Crippen LogP contribution >= 0.6 is 0 Å². The second-order valence-electron chi connectivity index (χ2n) is 5.91. The van der Waals surface area contributed by atoms with Gasteiger partial charge in [0.25, 0.3) is 11.6 Å². The van der Waals surface area contributed by atoms with E-state index in [-0.39, 0.29) is 36.2 Å². The number of oxazole rings is 1. The number of para-hydroxylation sites is 2. The Kier molecular flexibility index (Phi) is 4.36. The van der Waals surface area contributed by atoms with Crippen molar-refractivity contribution in [2.24, 2.45) is 0 Å². The fourth-order valence-corrected chi connectivity index (χ4v) is 2.78. The van der Waals surface area contributed by atoms with E-state index >= 15 is 0 Å². The first-order valence-electron chi connectivity index (χ1n) is 8.23. The molecule has 1 aromatic heterocycles. The van der Waals surface area contributed by atoms with Crippen molar-refractivity contribution in [2.75, 3.05) is 18.1 Å². The predicted molar refractivity (Wildman–Crippen MR) is 94.7 cm³/mol. The molecule has 0 spiro atoms. The number of nitro groups is 1. The summed E-state index contributed by atoms with van der Waals surface area (Å²) in [6.07, 6.45) is 0. The molecule has 0 fully saturated rings. The minimum absolute atomic E-state index is 0.143. The van der Waals surface area contributed by atoms with E-state index in [2.05, 4.69) is 4.98 Å². The van der Waals surface area contributed by atoms with Gasteiger partial charge in [0.15, 0.2) is 18.8 Å². The number of aromatic nitrogens is 1. The summed E-state index contributed by atoms with van der Waals surface area (Å²) in [6.45, 7) is -0.895. The first-order chi connectivity index (χ1) is 13.5. The fourth-order valence-electron chi connectivity index (χ4n) is 2.78. The molecule has 142 valence electrons. The van der Waals surface area contributed by atoms with Crippen molar-refractivity contribution in [3.63, 3.8) is 0 Å². The lowest BCUT2D eigenvalue weighted by Crippen LogP contribution is -2.42. The Labute approximate surface area is 157 Å². The highest BCUT2D eigenvalue weighted by atomic mass is 16.6. The number of fused-ring (bicyclic) bond motifs is 2. The summed E-state index contributed by atoms with van der Waals surface area (Å²) in [6, 6.07) is 10.9. The maximum atomic E-state index is 12.2. The molecule has 0 bridgehead atoms. The molecule has 0 unspecified atom stereocenters. The van der Waals surface area contributed by atoms with Crippen molar-refractivity contribution in [3.05, 3.63) is 58.5 Å². The first kappa shape index (κ1) is 17.5. The number of non-ortho nitro benzene ring substituents is 1. The van der Waals surface area contributed by atoms with Crippen molar-refractivity contribution in [1.29, 1.82) is 0 Å². The van der Waals surface area contributed by atoms with Crippen LogP contribution in [0.15, 0.2) is 46.9 Å². The molecule has 0 radical (unpaired) electrons. The third-order valence-electron chi connectivity index (χ3n) is 4.08. The highest BCUT2D eigenvalue weighted by Gasteiger charge is 2.29. The van der Waals surface area contributed by atoms with E-state index < -0.39 is 23.3 Å². The Hall–Kier alpha value is -3.95. The van der Waals surface area contributed by atoms with Gasteiger partial charge in [-0.2, -0.15) is 0 Å². The molecular formula is C18H13N3O7. The Bertz CT molecular complexity index is 1060. The number of hydrogen-bond donors (Lipinski definition) is 0. The van der Waals surface area contributed by atoms with E-state index in [0.717, 1.165) is 4.90 Å². The van der Waals surface area contributed by atoms with Crippen LogP contribution in [0, 0.1) is 10.1 Å². The number of hydrogen-bond acceptors (Lipinski definition) is 8. The molecule has 1 aliphatic rings. The summed E-state index contributed by atoms with van der Waals surface area (Å²) in [4.78, 5) is 40.1. The topological polar surface area (TPSA) is 125 Å². The van der Waals surface area contributed by atoms with Crippen molar-refractivity contribution in [2.45, 2.75) is 6.61 Å². The number of carbonyl (C=O) groups excluding carboxylic acids is 2. The maximum Gasteiger partial charge on any atom is 0.326 e. The molecule has 28 heavy (non-hydrogen) atoms. The quantitative estimate of drug-likeness (QED) is 0.373. The molecule has 1 amide bonds. The fraction of sp³-hybridized carbons (Fsp3) is 0.167. The zero-order chi connectivity index (χ0) is 19.7. The number of ether oxygens (including phenoxy) is 2. The van der Waals surface area contributed by atoms with Gasteiger partial charge in [0.1, 0.15) is 17.8 Å². The van der Waals surface area contributed by atoms with Gasteiger partial charge in [-0.15, -0.1) is 0 Å². The van der Waals surface area contributed by atoms with Gasteiger partial charge in [-0.3, -0.25) is 24.6 Å². The molecule has 10 nitrogen and oxygen atoms in total. The SMILES string of the molecule is O=C(CN1C(=O)COc2ccc([N+](=O)[O-])cc21)OCc1nc2ccccc2o1. The van der Waals surface area contributed by atoms with Crippen molar-refractivity contribution >= 4 is 34.4 Å². The summed E-state index contributed by atoms with van der Waals surface area (Å²) < 4.78 is 15.9. The van der Waals surface area contributed by atoms with Crippen LogP contribution < -0.4 is 9.64 Å². The summed E-state index contributed by atoms with van der Waals surface area (Å²) in [5, 5.41) is 11.0. The zero-order valence-corrected chi connectivity index (χ0v) is 14.4. The molecular weight excluding hydrogens is 370 g/mol. The van der Waals surface area contributed by atoms with Gasteiger partial charge in [0.05, 0.1) is 10.6 Å². The normalized spacial score (nSPS) is 13.1. The predicted octanol–water partition coefficient (Wildman–Crippen LogP) is 2.20. The standard InChI is InChI=1S/C18H13N3O7/c22-17-10-26-15-6-5-11(21(24)25)7-13(15)20(17)8-18(23)27-9-16-19-12-3-1-2-4-14(12)28-16/h1-7H,8-10H2. The molecule has 0 aliphatic carbocycles. The monoisotopic (exact) mass is 383 g/mol. The summed E-state index contributed by atoms with van der Waals surface area (Å²) in [7, 11) is 0. The van der Waals surface area contributed by atoms with E-state index in [9.17, 15) is 19.7 Å². The largest absolute Gasteiger partial charge is 0.482 e. The molecule has 3 aromatic rings. The van der Waals surface area contributed by atoms with Crippen LogP contribution in [0.4, 0.5) is 11.4 Å². The molecule has 2 heterocycles. The Morgan fingerprint density at radius 1 is 1.29 bits per heavy atom. The second kappa shape index (κ2) is 6.99. The second-order valence-corrected chi connectivity index (χ2v) is 5.91. The Morgan fingerprint density at radius 3 is 2.89 bits per heavy atom. The molecule has 0 saturated carbocycles. The van der Waals surface area contributed by atoms with E-state index in [4.69, 9.17) is 13.9 Å². The van der Waals surface area contributed by atoms with Crippen LogP contribution in [0.5, 0.6) is 5.75 Å². The lowest BCUT2D eigenvalue weighted by Gasteiger charge is -2.28. The first-order valence-corrected chi connectivity index (χ1v) is 8.23. The van der Waals surface area contributed by atoms with Crippen molar-refractivity contribution in [3.8, 4) is 5.75 Å². The van der Waals surface area contributed by atoms with Gasteiger partial charge in [-0.05, 0) is 18.2 Å². The number of esters is 1. The molecule has 10 heteroatoms. The minimum atomic E-state index is -0.713. The average Bonchev–Trinajstić information content (AvgIpc) is 3.11. The number of amides is 1. The molecule has 0 atom stereocenters. The average molecular weight is 383 g/mol. The van der Waals surface area contributed by atoms with Crippen LogP contribution in [-0.4, -0.2) is 34.9 Å². The number of rotatable bonds is 5. The molecule has 4 rings (SSSR count). The van der Waals surface area contributed by atoms with Crippen molar-refractivity contribution in [1.82, 2.24) is 4.98 Å². The van der Waals surface area contributed by atoms with Gasteiger partial charge >= 0.3 is 5.97 Å². The molecule has 1 aliphatic heterocycles. The summed E-state index contributed by atoms with van der Waals surface area (Å²) >= 11 is 0. The number of nitrogens with zero attached hydrogens (tertiary/aromatic N) is 3. The van der Waals surface area contributed by atoms with Crippen LogP contribution in [-0.2, 0) is 20.9 Å². The smallest absolute Gasteiger partial charge is 0.326 e. The highest BCUT2D eigenvalue weighted by Crippen LogP contribution is 2.35. The van der Waals surface area contributed by atoms with Gasteiger partial charge in [-0.1, -0.05) is 12.1 Å². The number of carbonyl (C=O) groups is 2. The van der Waals surface area contributed by atoms with Crippen LogP contribution in [0.1, 0.15) is 5.89 Å². The van der Waals surface area contributed by atoms with Crippen molar-refractivity contribution < 1.29 is 28.4 Å². The van der Waals surface area contributed by atoms with Crippen LogP contribution in [0.2, 0.25) is 0 Å². The Morgan fingerprint density at radius 2 is 2.11 bits per heavy atom. The molecule has 2 aromatic carbocycles. The van der Waals surface area contributed by atoms with E-state index in [1.54, 1.807) is 24.3 Å². The van der Waals surface area contributed by atoms with E-state index in [0.29, 0.717) is 11.1 Å². The maximum absolute atomic E-state index is 12.2. The summed E-state index contributed by atoms with van der Waals surface area (Å²) in [5.74, 6) is -0.724. The highest BCUT2D eigenvalue weighted by molar-refractivity contribution is 6.01. The van der Waals surface area contributed by atoms with E-state index in [1.807, 2.05) is 0 Å². The van der Waals surface area contributed by atoms with Gasteiger partial charge < -0.3 is 13.9 Å². The molecule has 0 N–H and O–H groups in total.